The standard InChI is InChI=1S/C9H11N3O2S/c10-9(15)12-11-7-4-2-1-3-6(7)5-8(13)14/h1-4,6H,5H2,(H,13,14)(H3,10,12,15). The fraction of sp³-hybridized carbons (Fsp3) is 0.222. The van der Waals surface area contributed by atoms with E-state index in [1.54, 1.807) is 24.3 Å². The molecule has 0 saturated heterocycles. The maximum atomic E-state index is 10.6. The van der Waals surface area contributed by atoms with Gasteiger partial charge in [0.15, 0.2) is 5.11 Å². The summed E-state index contributed by atoms with van der Waals surface area (Å²) in [7, 11) is 0. The van der Waals surface area contributed by atoms with E-state index >= 15 is 0 Å². The highest BCUT2D eigenvalue weighted by Gasteiger charge is 2.16. The monoisotopic (exact) mass is 225 g/mol. The van der Waals surface area contributed by atoms with Crippen LogP contribution in [0.1, 0.15) is 6.42 Å². The zero-order valence-electron chi connectivity index (χ0n) is 7.88. The normalized spacial score (nSPS) is 21.6. The second-order valence-electron chi connectivity index (χ2n) is 2.96. The van der Waals surface area contributed by atoms with Crippen LogP contribution in [0, 0.1) is 5.92 Å². The number of hydrazone groups is 1. The van der Waals surface area contributed by atoms with Crippen molar-refractivity contribution in [3.63, 3.8) is 0 Å². The van der Waals surface area contributed by atoms with Gasteiger partial charge in [0.1, 0.15) is 0 Å². The van der Waals surface area contributed by atoms with Gasteiger partial charge in [0, 0.05) is 5.92 Å². The maximum Gasteiger partial charge on any atom is 0.304 e. The minimum absolute atomic E-state index is 0.00130. The molecule has 0 fully saturated rings. The van der Waals surface area contributed by atoms with Crippen molar-refractivity contribution in [2.45, 2.75) is 6.42 Å². The largest absolute Gasteiger partial charge is 0.481 e. The van der Waals surface area contributed by atoms with Gasteiger partial charge in [0.05, 0.1) is 12.1 Å². The zero-order valence-corrected chi connectivity index (χ0v) is 8.70. The van der Waals surface area contributed by atoms with Crippen LogP contribution in [0.3, 0.4) is 0 Å². The molecule has 0 amide bonds. The van der Waals surface area contributed by atoms with E-state index in [2.05, 4.69) is 22.7 Å². The molecular formula is C9H11N3O2S. The van der Waals surface area contributed by atoms with E-state index in [4.69, 9.17) is 10.8 Å². The fourth-order valence-corrected chi connectivity index (χ4v) is 1.22. The minimum atomic E-state index is -0.872. The van der Waals surface area contributed by atoms with E-state index in [9.17, 15) is 4.79 Å². The number of carboxylic acids is 1. The van der Waals surface area contributed by atoms with E-state index in [0.29, 0.717) is 5.71 Å². The summed E-state index contributed by atoms with van der Waals surface area (Å²) in [6, 6.07) is 0. The van der Waals surface area contributed by atoms with E-state index in [-0.39, 0.29) is 17.5 Å². The molecule has 4 N–H and O–H groups in total. The number of aliphatic carboxylic acids is 1. The molecule has 0 bridgehead atoms. The van der Waals surface area contributed by atoms with Gasteiger partial charge in [-0.3, -0.25) is 10.2 Å². The van der Waals surface area contributed by atoms with E-state index in [1.165, 1.54) is 0 Å². The molecule has 1 rings (SSSR count). The van der Waals surface area contributed by atoms with Crippen LogP contribution in [0.5, 0.6) is 0 Å². The highest BCUT2D eigenvalue weighted by Crippen LogP contribution is 2.13. The molecule has 0 radical (unpaired) electrons. The Labute approximate surface area is 92.3 Å². The summed E-state index contributed by atoms with van der Waals surface area (Å²) >= 11 is 4.59. The summed E-state index contributed by atoms with van der Waals surface area (Å²) in [5.41, 5.74) is 8.25. The molecule has 0 aromatic heterocycles. The summed E-state index contributed by atoms with van der Waals surface area (Å²) in [6.45, 7) is 0. The number of thiocarbonyl (C=S) groups is 1. The Balaban J connectivity index is 2.71. The first-order valence-electron chi connectivity index (χ1n) is 4.29. The Hall–Kier alpha value is -1.69. The first-order chi connectivity index (χ1) is 7.09. The van der Waals surface area contributed by atoms with Gasteiger partial charge >= 0.3 is 5.97 Å². The van der Waals surface area contributed by atoms with Gasteiger partial charge in [-0.1, -0.05) is 18.2 Å². The van der Waals surface area contributed by atoms with Crippen LogP contribution in [0.25, 0.3) is 0 Å². The molecular weight excluding hydrogens is 214 g/mol. The first-order valence-corrected chi connectivity index (χ1v) is 4.70. The van der Waals surface area contributed by atoms with Crippen molar-refractivity contribution in [2.75, 3.05) is 0 Å². The highest BCUT2D eigenvalue weighted by molar-refractivity contribution is 7.80. The minimum Gasteiger partial charge on any atom is -0.481 e. The zero-order chi connectivity index (χ0) is 11.3. The SMILES string of the molecule is NC(=S)NN=C1C=CC=CC1CC(=O)O. The lowest BCUT2D eigenvalue weighted by molar-refractivity contribution is -0.137. The van der Waals surface area contributed by atoms with Crippen LogP contribution in [0.2, 0.25) is 0 Å². The molecule has 0 aliphatic heterocycles. The van der Waals surface area contributed by atoms with Crippen LogP contribution in [0.4, 0.5) is 0 Å². The topological polar surface area (TPSA) is 87.7 Å². The molecule has 5 nitrogen and oxygen atoms in total. The predicted molar refractivity (Wildman–Crippen MR) is 61.4 cm³/mol. The van der Waals surface area contributed by atoms with Crippen LogP contribution in [-0.4, -0.2) is 21.9 Å². The second-order valence-corrected chi connectivity index (χ2v) is 3.40. The molecule has 0 spiro atoms. The van der Waals surface area contributed by atoms with Gasteiger partial charge in [-0.2, -0.15) is 5.10 Å². The number of carboxylic acid groups (broad SMARTS) is 1. The number of nitrogens with zero attached hydrogens (tertiary/aromatic N) is 1. The smallest absolute Gasteiger partial charge is 0.304 e. The Bertz CT molecular complexity index is 360. The maximum absolute atomic E-state index is 10.6. The number of hydrogen-bond donors (Lipinski definition) is 3. The Kier molecular flexibility index (Phi) is 3.99. The number of hydrogen-bond acceptors (Lipinski definition) is 3. The van der Waals surface area contributed by atoms with Crippen molar-refractivity contribution >= 4 is 29.0 Å². The predicted octanol–water partition coefficient (Wildman–Crippen LogP) is 0.393. The molecule has 1 unspecified atom stereocenters. The van der Waals surface area contributed by atoms with Gasteiger partial charge in [0.2, 0.25) is 0 Å². The van der Waals surface area contributed by atoms with Crippen LogP contribution < -0.4 is 11.2 Å². The molecule has 6 heteroatoms. The lowest BCUT2D eigenvalue weighted by atomic mass is 9.95. The number of rotatable bonds is 3. The number of nitrogens with one attached hydrogen (secondary N) is 1. The lowest BCUT2D eigenvalue weighted by Crippen LogP contribution is -2.27. The van der Waals surface area contributed by atoms with E-state index < -0.39 is 5.97 Å². The summed E-state index contributed by atoms with van der Waals surface area (Å²) in [5.74, 6) is -1.11. The van der Waals surface area contributed by atoms with Gasteiger partial charge in [-0.15, -0.1) is 0 Å². The van der Waals surface area contributed by atoms with Gasteiger partial charge in [-0.05, 0) is 18.3 Å². The Morgan fingerprint density at radius 2 is 2.40 bits per heavy atom. The number of nitrogens with two attached hydrogens (primary N) is 1. The first kappa shape index (κ1) is 11.4. The van der Waals surface area contributed by atoms with Crippen molar-refractivity contribution in [1.82, 2.24) is 5.43 Å². The van der Waals surface area contributed by atoms with Crippen LogP contribution >= 0.6 is 12.2 Å². The molecule has 1 atom stereocenters. The molecule has 0 saturated carbocycles. The Morgan fingerprint density at radius 1 is 1.67 bits per heavy atom. The lowest BCUT2D eigenvalue weighted by Gasteiger charge is -2.13. The fourth-order valence-electron chi connectivity index (χ4n) is 1.18. The average molecular weight is 225 g/mol. The van der Waals surface area contributed by atoms with Crippen LogP contribution in [0.15, 0.2) is 29.4 Å². The van der Waals surface area contributed by atoms with E-state index in [1.807, 2.05) is 0 Å². The molecule has 80 valence electrons. The number of allylic oxidation sites excluding steroid dienone is 4. The number of carbonyl (C=O) groups is 1. The third kappa shape index (κ3) is 3.90. The molecule has 0 heterocycles. The third-order valence-electron chi connectivity index (χ3n) is 1.79. The molecule has 1 aliphatic carbocycles. The van der Waals surface area contributed by atoms with Gasteiger partial charge in [-0.25, -0.2) is 0 Å². The Morgan fingerprint density at radius 3 is 3.00 bits per heavy atom. The van der Waals surface area contributed by atoms with Crippen molar-refractivity contribution in [3.8, 4) is 0 Å². The third-order valence-corrected chi connectivity index (χ3v) is 1.88. The van der Waals surface area contributed by atoms with Crippen molar-refractivity contribution < 1.29 is 9.90 Å². The molecule has 0 aromatic rings. The summed E-state index contributed by atoms with van der Waals surface area (Å²) < 4.78 is 0. The molecule has 1 aliphatic rings. The van der Waals surface area contributed by atoms with Gasteiger partial charge in [0.25, 0.3) is 0 Å². The summed E-state index contributed by atoms with van der Waals surface area (Å²) in [5, 5.41) is 12.6. The summed E-state index contributed by atoms with van der Waals surface area (Å²) in [6.07, 6.45) is 7.05. The molecule has 0 aromatic carbocycles. The average Bonchev–Trinajstić information content (AvgIpc) is 2.15. The quantitative estimate of drug-likeness (QED) is 0.478. The van der Waals surface area contributed by atoms with Crippen molar-refractivity contribution in [3.05, 3.63) is 24.3 Å². The van der Waals surface area contributed by atoms with Crippen molar-refractivity contribution in [1.29, 1.82) is 0 Å². The summed E-state index contributed by atoms with van der Waals surface area (Å²) in [4.78, 5) is 10.6. The van der Waals surface area contributed by atoms with E-state index in [0.717, 1.165) is 0 Å². The van der Waals surface area contributed by atoms with Crippen molar-refractivity contribution in [2.24, 2.45) is 16.8 Å². The highest BCUT2D eigenvalue weighted by atomic mass is 32.1. The molecule has 15 heavy (non-hydrogen) atoms. The van der Waals surface area contributed by atoms with Crippen LogP contribution in [-0.2, 0) is 4.79 Å². The van der Waals surface area contributed by atoms with Gasteiger partial charge < -0.3 is 10.8 Å². The second kappa shape index (κ2) is 5.26.